The number of phenolic OH excluding ortho intramolecular Hbond substituents is 1. The maximum Gasteiger partial charge on any atom is 0.255 e. The summed E-state index contributed by atoms with van der Waals surface area (Å²) in [6.45, 7) is 1.90. The normalized spacial score (nSPS) is 10.5. The third kappa shape index (κ3) is 6.23. The predicted octanol–water partition coefficient (Wildman–Crippen LogP) is 5.60. The van der Waals surface area contributed by atoms with Crippen molar-refractivity contribution in [2.24, 2.45) is 0 Å². The molecule has 0 spiro atoms. The monoisotopic (exact) mass is 457 g/mol. The topological polar surface area (TPSA) is 75.6 Å². The number of hydrogen-bond acceptors (Lipinski definition) is 4. The summed E-state index contributed by atoms with van der Waals surface area (Å²) in [5, 5.41) is 13.4. The molecule has 3 aromatic carbocycles. The number of carbonyl (C=O) groups excluding carboxylic acids is 2. The smallest absolute Gasteiger partial charge is 0.255 e. The largest absolute Gasteiger partial charge is 0.507 e. The molecule has 0 aliphatic rings. The van der Waals surface area contributed by atoms with E-state index >= 15 is 0 Å². The molecular formula is C24H21Cl2NO4. The Labute approximate surface area is 190 Å². The number of Topliss-reactive ketones (excluding diaryl/α,β-unsaturated/α-hetero) is 1. The SMILES string of the molecule is CC(=O)Cc1cc(Cl)c(Oc2ccc(O)c(C(=O)NCCc3ccccc3)c2)c(Cl)c1. The van der Waals surface area contributed by atoms with Gasteiger partial charge in [0, 0.05) is 13.0 Å². The van der Waals surface area contributed by atoms with Crippen molar-refractivity contribution in [3.05, 3.63) is 87.4 Å². The van der Waals surface area contributed by atoms with Crippen molar-refractivity contribution in [2.45, 2.75) is 19.8 Å². The second-order valence-corrected chi connectivity index (χ2v) is 7.85. The van der Waals surface area contributed by atoms with E-state index in [4.69, 9.17) is 27.9 Å². The van der Waals surface area contributed by atoms with Gasteiger partial charge < -0.3 is 15.2 Å². The van der Waals surface area contributed by atoms with Gasteiger partial charge in [-0.3, -0.25) is 9.59 Å². The number of ether oxygens (including phenoxy) is 1. The maximum absolute atomic E-state index is 12.5. The molecule has 0 saturated carbocycles. The van der Waals surface area contributed by atoms with Crippen molar-refractivity contribution < 1.29 is 19.4 Å². The highest BCUT2D eigenvalue weighted by atomic mass is 35.5. The number of hydrogen-bond donors (Lipinski definition) is 2. The Kier molecular flexibility index (Phi) is 7.55. The molecule has 7 heteroatoms. The van der Waals surface area contributed by atoms with Gasteiger partial charge in [-0.1, -0.05) is 53.5 Å². The number of phenols is 1. The molecule has 0 heterocycles. The van der Waals surface area contributed by atoms with Crippen LogP contribution in [0.4, 0.5) is 0 Å². The molecule has 3 rings (SSSR count). The molecule has 5 nitrogen and oxygen atoms in total. The lowest BCUT2D eigenvalue weighted by atomic mass is 10.1. The zero-order valence-electron chi connectivity index (χ0n) is 16.8. The third-order valence-electron chi connectivity index (χ3n) is 4.49. The standard InChI is InChI=1S/C24H21Cl2NO4/c1-15(28)11-17-12-20(25)23(21(26)13-17)31-18-7-8-22(29)19(14-18)24(30)27-10-9-16-5-3-2-4-6-16/h2-8,12-14,29H,9-11H2,1H3,(H,27,30). The summed E-state index contributed by atoms with van der Waals surface area (Å²) in [7, 11) is 0. The van der Waals surface area contributed by atoms with Crippen LogP contribution in [0.15, 0.2) is 60.7 Å². The van der Waals surface area contributed by atoms with Gasteiger partial charge in [0.05, 0.1) is 15.6 Å². The summed E-state index contributed by atoms with van der Waals surface area (Å²) in [5.41, 5.74) is 1.85. The summed E-state index contributed by atoms with van der Waals surface area (Å²) < 4.78 is 5.78. The van der Waals surface area contributed by atoms with Crippen LogP contribution in [0.25, 0.3) is 0 Å². The summed E-state index contributed by atoms with van der Waals surface area (Å²) in [6.07, 6.45) is 0.883. The summed E-state index contributed by atoms with van der Waals surface area (Å²) >= 11 is 12.6. The number of amides is 1. The molecule has 0 unspecified atom stereocenters. The summed E-state index contributed by atoms with van der Waals surface area (Å²) in [5.74, 6) is -0.111. The number of rotatable bonds is 8. The van der Waals surface area contributed by atoms with Gasteiger partial charge in [-0.25, -0.2) is 0 Å². The molecule has 31 heavy (non-hydrogen) atoms. The zero-order valence-corrected chi connectivity index (χ0v) is 18.3. The van der Waals surface area contributed by atoms with Gasteiger partial charge in [0.2, 0.25) is 0 Å². The van der Waals surface area contributed by atoms with E-state index < -0.39 is 5.91 Å². The van der Waals surface area contributed by atoms with E-state index in [2.05, 4.69) is 5.32 Å². The Morgan fingerprint density at radius 2 is 1.65 bits per heavy atom. The van der Waals surface area contributed by atoms with E-state index in [1.165, 1.54) is 25.1 Å². The molecule has 0 atom stereocenters. The Bertz CT molecular complexity index is 1080. The second-order valence-electron chi connectivity index (χ2n) is 7.04. The summed E-state index contributed by atoms with van der Waals surface area (Å²) in [4.78, 5) is 23.9. The highest BCUT2D eigenvalue weighted by Crippen LogP contribution is 2.38. The molecule has 3 aromatic rings. The van der Waals surface area contributed by atoms with Crippen LogP contribution in [0.1, 0.15) is 28.4 Å². The lowest BCUT2D eigenvalue weighted by Gasteiger charge is -2.13. The molecule has 0 saturated heterocycles. The van der Waals surface area contributed by atoms with Gasteiger partial charge in [0.15, 0.2) is 5.75 Å². The number of nitrogens with one attached hydrogen (secondary N) is 1. The first-order valence-electron chi connectivity index (χ1n) is 9.64. The maximum atomic E-state index is 12.5. The molecule has 0 aliphatic heterocycles. The van der Waals surface area contributed by atoms with Crippen LogP contribution in [0.3, 0.4) is 0 Å². The van der Waals surface area contributed by atoms with Gasteiger partial charge in [0.1, 0.15) is 17.3 Å². The molecule has 0 bridgehead atoms. The lowest BCUT2D eigenvalue weighted by Crippen LogP contribution is -2.25. The van der Waals surface area contributed by atoms with Crippen molar-refractivity contribution >= 4 is 34.9 Å². The molecule has 1 amide bonds. The molecular weight excluding hydrogens is 437 g/mol. The van der Waals surface area contributed by atoms with Crippen molar-refractivity contribution in [3.63, 3.8) is 0 Å². The first kappa shape index (κ1) is 22.7. The molecule has 0 aliphatic carbocycles. The van der Waals surface area contributed by atoms with E-state index in [0.29, 0.717) is 18.5 Å². The minimum absolute atomic E-state index is 0.0118. The van der Waals surface area contributed by atoms with Gasteiger partial charge in [-0.15, -0.1) is 0 Å². The minimum atomic E-state index is -0.423. The first-order valence-corrected chi connectivity index (χ1v) is 10.4. The van der Waals surface area contributed by atoms with E-state index in [0.717, 1.165) is 5.56 Å². The molecule has 2 N–H and O–H groups in total. The third-order valence-corrected chi connectivity index (χ3v) is 5.05. The number of aromatic hydroxyl groups is 1. The van der Waals surface area contributed by atoms with Crippen LogP contribution in [-0.4, -0.2) is 23.3 Å². The Morgan fingerprint density at radius 3 is 2.29 bits per heavy atom. The quantitative estimate of drug-likeness (QED) is 0.461. The predicted molar refractivity (Wildman–Crippen MR) is 122 cm³/mol. The fraction of sp³-hybridized carbons (Fsp3) is 0.167. The van der Waals surface area contributed by atoms with Crippen molar-refractivity contribution in [3.8, 4) is 17.2 Å². The summed E-state index contributed by atoms with van der Waals surface area (Å²) in [6, 6.07) is 17.3. The van der Waals surface area contributed by atoms with Crippen LogP contribution >= 0.6 is 23.2 Å². The van der Waals surface area contributed by atoms with Gasteiger partial charge in [0.25, 0.3) is 5.91 Å². The van der Waals surface area contributed by atoms with Crippen molar-refractivity contribution in [1.29, 1.82) is 0 Å². The molecule has 0 fully saturated rings. The Balaban J connectivity index is 1.72. The van der Waals surface area contributed by atoms with Crippen LogP contribution in [0, 0.1) is 0 Å². The van der Waals surface area contributed by atoms with E-state index in [-0.39, 0.29) is 45.1 Å². The van der Waals surface area contributed by atoms with Crippen molar-refractivity contribution in [1.82, 2.24) is 5.32 Å². The molecule has 0 aromatic heterocycles. The molecule has 160 valence electrons. The van der Waals surface area contributed by atoms with Crippen LogP contribution in [0.2, 0.25) is 10.0 Å². The average Bonchev–Trinajstić information content (AvgIpc) is 2.72. The van der Waals surface area contributed by atoms with Gasteiger partial charge in [-0.05, 0) is 54.8 Å². The number of halogens is 2. The fourth-order valence-corrected chi connectivity index (χ4v) is 3.65. The first-order chi connectivity index (χ1) is 14.8. The molecule has 0 radical (unpaired) electrons. The lowest BCUT2D eigenvalue weighted by molar-refractivity contribution is -0.116. The number of ketones is 1. The second kappa shape index (κ2) is 10.3. The van der Waals surface area contributed by atoms with Crippen LogP contribution < -0.4 is 10.1 Å². The minimum Gasteiger partial charge on any atom is -0.507 e. The van der Waals surface area contributed by atoms with E-state index in [9.17, 15) is 14.7 Å². The Hall–Kier alpha value is -3.02. The number of carbonyl (C=O) groups is 2. The van der Waals surface area contributed by atoms with E-state index in [1.54, 1.807) is 12.1 Å². The highest BCUT2D eigenvalue weighted by molar-refractivity contribution is 6.37. The highest BCUT2D eigenvalue weighted by Gasteiger charge is 2.16. The van der Waals surface area contributed by atoms with Crippen LogP contribution in [-0.2, 0) is 17.6 Å². The number of benzene rings is 3. The fourth-order valence-electron chi connectivity index (χ4n) is 3.04. The van der Waals surface area contributed by atoms with Crippen molar-refractivity contribution in [2.75, 3.05) is 6.54 Å². The average molecular weight is 458 g/mol. The Morgan fingerprint density at radius 1 is 0.968 bits per heavy atom. The van der Waals surface area contributed by atoms with Gasteiger partial charge >= 0.3 is 0 Å². The van der Waals surface area contributed by atoms with Crippen LogP contribution in [0.5, 0.6) is 17.2 Å². The van der Waals surface area contributed by atoms with E-state index in [1.807, 2.05) is 30.3 Å². The zero-order chi connectivity index (χ0) is 22.4. The van der Waals surface area contributed by atoms with Gasteiger partial charge in [-0.2, -0.15) is 0 Å².